The van der Waals surface area contributed by atoms with Crippen LogP contribution >= 0.6 is 22.6 Å². The van der Waals surface area contributed by atoms with Crippen molar-refractivity contribution in [3.8, 4) is 17.6 Å². The Bertz CT molecular complexity index is 1330. The van der Waals surface area contributed by atoms with E-state index in [1.807, 2.05) is 63.2 Å². The van der Waals surface area contributed by atoms with Gasteiger partial charge in [0, 0.05) is 11.4 Å². The number of carbonyl (C=O) groups is 2. The highest BCUT2D eigenvalue weighted by Crippen LogP contribution is 2.35. The Balaban J connectivity index is 1.78. The predicted octanol–water partition coefficient (Wildman–Crippen LogP) is 5.87. The summed E-state index contributed by atoms with van der Waals surface area (Å²) >= 11 is 2.07. The number of nitriles is 1. The van der Waals surface area contributed by atoms with Crippen LogP contribution in [-0.4, -0.2) is 25.0 Å². The Kier molecular flexibility index (Phi) is 9.47. The van der Waals surface area contributed by atoms with Crippen molar-refractivity contribution in [1.29, 1.82) is 5.26 Å². The summed E-state index contributed by atoms with van der Waals surface area (Å²) in [6, 6.07) is 20.2. The molecule has 0 saturated carbocycles. The number of ether oxygens (including phenoxy) is 2. The lowest BCUT2D eigenvalue weighted by atomic mass is 10.1. The van der Waals surface area contributed by atoms with Gasteiger partial charge >= 0.3 is 0 Å². The molecule has 0 heterocycles. The molecule has 0 saturated heterocycles. The number of aryl methyl sites for hydroxylation is 2. The Labute approximate surface area is 224 Å². The fraction of sp³-hybridized carbons (Fsp3) is 0.179. The SMILES string of the molecule is CCOc1cc(/C=C(\C#N)C(=O)Nc2ccc(C)cc2C)cc(I)c1OCC(=O)Nc1ccccc1. The lowest BCUT2D eigenvalue weighted by Crippen LogP contribution is -2.20. The second-order valence-corrected chi connectivity index (χ2v) is 9.07. The summed E-state index contributed by atoms with van der Waals surface area (Å²) in [7, 11) is 0. The molecular formula is C28H26IN3O4. The fourth-order valence-corrected chi connectivity index (χ4v) is 4.17. The van der Waals surface area contributed by atoms with Crippen molar-refractivity contribution in [2.75, 3.05) is 23.8 Å². The lowest BCUT2D eigenvalue weighted by molar-refractivity contribution is -0.118. The molecule has 36 heavy (non-hydrogen) atoms. The molecular weight excluding hydrogens is 569 g/mol. The van der Waals surface area contributed by atoms with E-state index in [1.165, 1.54) is 6.08 Å². The van der Waals surface area contributed by atoms with Crippen molar-refractivity contribution in [3.05, 3.63) is 86.5 Å². The van der Waals surface area contributed by atoms with E-state index in [9.17, 15) is 14.9 Å². The third-order valence-corrected chi connectivity index (χ3v) is 5.84. The van der Waals surface area contributed by atoms with Crippen LogP contribution in [0.2, 0.25) is 0 Å². The maximum absolute atomic E-state index is 12.8. The Morgan fingerprint density at radius 2 is 1.78 bits per heavy atom. The van der Waals surface area contributed by atoms with Gasteiger partial charge in [-0.1, -0.05) is 35.9 Å². The number of rotatable bonds is 9. The smallest absolute Gasteiger partial charge is 0.266 e. The molecule has 0 bridgehead atoms. The summed E-state index contributed by atoms with van der Waals surface area (Å²) in [5.74, 6) is 0.0138. The molecule has 0 atom stereocenters. The maximum atomic E-state index is 12.8. The molecule has 0 unspecified atom stereocenters. The average Bonchev–Trinajstić information content (AvgIpc) is 2.84. The highest BCUT2D eigenvalue weighted by molar-refractivity contribution is 14.1. The summed E-state index contributed by atoms with van der Waals surface area (Å²) in [6.07, 6.45) is 1.50. The molecule has 0 fully saturated rings. The number of nitrogens with zero attached hydrogens (tertiary/aromatic N) is 1. The first kappa shape index (κ1) is 26.8. The minimum absolute atomic E-state index is 0.0517. The van der Waals surface area contributed by atoms with Crippen LogP contribution in [0.25, 0.3) is 6.08 Å². The van der Waals surface area contributed by atoms with Crippen LogP contribution in [0.1, 0.15) is 23.6 Å². The molecule has 2 N–H and O–H groups in total. The van der Waals surface area contributed by atoms with E-state index in [1.54, 1.807) is 24.3 Å². The normalized spacial score (nSPS) is 10.8. The molecule has 0 radical (unpaired) electrons. The van der Waals surface area contributed by atoms with Crippen LogP contribution < -0.4 is 20.1 Å². The van der Waals surface area contributed by atoms with Crippen LogP contribution in [-0.2, 0) is 9.59 Å². The molecule has 3 aromatic carbocycles. The number of benzene rings is 3. The second kappa shape index (κ2) is 12.7. The summed E-state index contributed by atoms with van der Waals surface area (Å²) < 4.78 is 12.2. The topological polar surface area (TPSA) is 100 Å². The molecule has 184 valence electrons. The molecule has 7 nitrogen and oxygen atoms in total. The first-order chi connectivity index (χ1) is 17.3. The second-order valence-electron chi connectivity index (χ2n) is 7.91. The molecule has 8 heteroatoms. The predicted molar refractivity (Wildman–Crippen MR) is 149 cm³/mol. The number of amides is 2. The van der Waals surface area contributed by atoms with Crippen molar-refractivity contribution in [2.24, 2.45) is 0 Å². The number of carbonyl (C=O) groups excluding carboxylic acids is 2. The molecule has 0 spiro atoms. The van der Waals surface area contributed by atoms with E-state index in [4.69, 9.17) is 9.47 Å². The Morgan fingerprint density at radius 1 is 1.03 bits per heavy atom. The van der Waals surface area contributed by atoms with Crippen molar-refractivity contribution in [1.82, 2.24) is 0 Å². The van der Waals surface area contributed by atoms with Gasteiger partial charge in [0.15, 0.2) is 18.1 Å². The van der Waals surface area contributed by atoms with E-state index in [2.05, 4.69) is 33.2 Å². The fourth-order valence-electron chi connectivity index (χ4n) is 3.39. The standard InChI is InChI=1S/C28H26IN3O4/c1-4-35-25-15-20(13-21(16-30)28(34)32-24-11-10-18(2)12-19(24)3)14-23(29)27(25)36-17-26(33)31-22-8-6-5-7-9-22/h5-15H,4,17H2,1-3H3,(H,31,33)(H,32,34)/b21-13+. The average molecular weight is 595 g/mol. The molecule has 0 aliphatic heterocycles. The quantitative estimate of drug-likeness (QED) is 0.183. The zero-order valence-electron chi connectivity index (χ0n) is 20.2. The van der Waals surface area contributed by atoms with Crippen LogP contribution in [0, 0.1) is 28.7 Å². The minimum atomic E-state index is -0.504. The molecule has 2 amide bonds. The molecule has 0 aromatic heterocycles. The van der Waals surface area contributed by atoms with E-state index in [0.717, 1.165) is 11.1 Å². The number of halogens is 1. The molecule has 0 aliphatic rings. The van der Waals surface area contributed by atoms with Crippen LogP contribution in [0.15, 0.2) is 66.2 Å². The molecule has 3 aromatic rings. The van der Waals surface area contributed by atoms with Gasteiger partial charge in [0.1, 0.15) is 11.6 Å². The van der Waals surface area contributed by atoms with Crippen LogP contribution in [0.5, 0.6) is 11.5 Å². The number of hydrogen-bond acceptors (Lipinski definition) is 5. The number of nitrogens with one attached hydrogen (secondary N) is 2. The third-order valence-electron chi connectivity index (χ3n) is 5.04. The van der Waals surface area contributed by atoms with Gasteiger partial charge in [0.2, 0.25) is 0 Å². The molecule has 0 aliphatic carbocycles. The van der Waals surface area contributed by atoms with Crippen molar-refractivity contribution < 1.29 is 19.1 Å². The minimum Gasteiger partial charge on any atom is -0.490 e. The number of hydrogen-bond donors (Lipinski definition) is 2. The monoisotopic (exact) mass is 595 g/mol. The maximum Gasteiger partial charge on any atom is 0.266 e. The zero-order chi connectivity index (χ0) is 26.1. The van der Waals surface area contributed by atoms with Gasteiger partial charge in [-0.3, -0.25) is 9.59 Å². The van der Waals surface area contributed by atoms with Gasteiger partial charge in [-0.25, -0.2) is 0 Å². The number of para-hydroxylation sites is 1. The van der Waals surface area contributed by atoms with E-state index >= 15 is 0 Å². The van der Waals surface area contributed by atoms with Gasteiger partial charge in [-0.05, 0) is 90.9 Å². The largest absolute Gasteiger partial charge is 0.490 e. The summed E-state index contributed by atoms with van der Waals surface area (Å²) in [5.41, 5.74) is 3.86. The Hall–Kier alpha value is -3.84. The highest BCUT2D eigenvalue weighted by Gasteiger charge is 2.16. The molecule has 3 rings (SSSR count). The van der Waals surface area contributed by atoms with Crippen molar-refractivity contribution in [2.45, 2.75) is 20.8 Å². The summed E-state index contributed by atoms with van der Waals surface area (Å²) in [5, 5.41) is 15.2. The summed E-state index contributed by atoms with van der Waals surface area (Å²) in [4.78, 5) is 25.1. The zero-order valence-corrected chi connectivity index (χ0v) is 22.4. The van der Waals surface area contributed by atoms with Crippen molar-refractivity contribution in [3.63, 3.8) is 0 Å². The lowest BCUT2D eigenvalue weighted by Gasteiger charge is -2.15. The Morgan fingerprint density at radius 3 is 2.44 bits per heavy atom. The van der Waals surface area contributed by atoms with Gasteiger partial charge < -0.3 is 20.1 Å². The van der Waals surface area contributed by atoms with E-state index in [-0.39, 0.29) is 18.1 Å². The van der Waals surface area contributed by atoms with Gasteiger partial charge in [0.25, 0.3) is 11.8 Å². The van der Waals surface area contributed by atoms with E-state index in [0.29, 0.717) is 38.6 Å². The first-order valence-corrected chi connectivity index (χ1v) is 12.3. The summed E-state index contributed by atoms with van der Waals surface area (Å²) in [6.45, 7) is 5.86. The highest BCUT2D eigenvalue weighted by atomic mass is 127. The first-order valence-electron chi connectivity index (χ1n) is 11.2. The van der Waals surface area contributed by atoms with Gasteiger partial charge in [0.05, 0.1) is 10.2 Å². The number of anilines is 2. The van der Waals surface area contributed by atoms with E-state index < -0.39 is 5.91 Å². The van der Waals surface area contributed by atoms with Crippen LogP contribution in [0.3, 0.4) is 0 Å². The third kappa shape index (κ3) is 7.33. The van der Waals surface area contributed by atoms with Crippen LogP contribution in [0.4, 0.5) is 11.4 Å². The van der Waals surface area contributed by atoms with Gasteiger partial charge in [-0.2, -0.15) is 5.26 Å². The van der Waals surface area contributed by atoms with Crippen molar-refractivity contribution >= 4 is 51.9 Å². The van der Waals surface area contributed by atoms with Gasteiger partial charge in [-0.15, -0.1) is 0 Å².